The zero-order valence-corrected chi connectivity index (χ0v) is 9.49. The molecule has 5 heteroatoms. The van der Waals surface area contributed by atoms with Crippen molar-refractivity contribution in [2.75, 3.05) is 18.4 Å². The zero-order chi connectivity index (χ0) is 12.7. The molecule has 0 aromatic carbocycles. The number of anilines is 1. The van der Waals surface area contributed by atoms with Crippen LogP contribution >= 0.6 is 0 Å². The second kappa shape index (κ2) is 6.28. The van der Waals surface area contributed by atoms with Gasteiger partial charge in [-0.3, -0.25) is 9.59 Å². The van der Waals surface area contributed by atoms with Gasteiger partial charge < -0.3 is 10.6 Å². The number of pyridine rings is 1. The van der Waals surface area contributed by atoms with E-state index in [2.05, 4.69) is 21.5 Å². The van der Waals surface area contributed by atoms with Crippen LogP contribution in [0.15, 0.2) is 18.3 Å². The van der Waals surface area contributed by atoms with E-state index >= 15 is 0 Å². The van der Waals surface area contributed by atoms with Gasteiger partial charge in [0.05, 0.1) is 13.1 Å². The van der Waals surface area contributed by atoms with Gasteiger partial charge in [-0.05, 0) is 19.1 Å². The Kier molecular flexibility index (Phi) is 4.70. The molecule has 0 saturated carbocycles. The smallest absolute Gasteiger partial charge is 0.240 e. The summed E-state index contributed by atoms with van der Waals surface area (Å²) in [6.07, 6.45) is 6.46. The van der Waals surface area contributed by atoms with Crippen LogP contribution in [0.5, 0.6) is 0 Å². The van der Waals surface area contributed by atoms with Crippen LogP contribution in [0, 0.1) is 12.3 Å². The molecular weight excluding hydrogens is 218 g/mol. The summed E-state index contributed by atoms with van der Waals surface area (Å²) in [6, 6.07) is 3.29. The fourth-order valence-electron chi connectivity index (χ4n) is 1.09. The molecule has 17 heavy (non-hydrogen) atoms. The molecule has 0 bridgehead atoms. The number of ketones is 1. The molecule has 88 valence electrons. The van der Waals surface area contributed by atoms with Crippen molar-refractivity contribution < 1.29 is 9.59 Å². The lowest BCUT2D eigenvalue weighted by atomic mass is 10.2. The minimum absolute atomic E-state index is 0.0455. The highest BCUT2D eigenvalue weighted by atomic mass is 16.1. The number of hydrogen-bond donors (Lipinski definition) is 2. The maximum Gasteiger partial charge on any atom is 0.240 e. The number of Topliss-reactive ketones (excluding diaryl/α,β-unsaturated/α-hetero) is 1. The van der Waals surface area contributed by atoms with E-state index in [1.54, 1.807) is 12.1 Å². The minimum atomic E-state index is -0.208. The molecule has 0 unspecified atom stereocenters. The van der Waals surface area contributed by atoms with Gasteiger partial charge in [-0.15, -0.1) is 6.42 Å². The molecule has 1 aromatic rings. The summed E-state index contributed by atoms with van der Waals surface area (Å²) in [7, 11) is 0. The average Bonchev–Trinajstić information content (AvgIpc) is 2.34. The van der Waals surface area contributed by atoms with Crippen LogP contribution in [-0.2, 0) is 4.79 Å². The average molecular weight is 231 g/mol. The zero-order valence-electron chi connectivity index (χ0n) is 9.49. The Morgan fingerprint density at radius 3 is 2.76 bits per heavy atom. The largest absolute Gasteiger partial charge is 0.361 e. The lowest BCUT2D eigenvalue weighted by molar-refractivity contribution is -0.119. The summed E-state index contributed by atoms with van der Waals surface area (Å²) >= 11 is 0. The Morgan fingerprint density at radius 2 is 2.24 bits per heavy atom. The highest BCUT2D eigenvalue weighted by molar-refractivity contribution is 5.93. The van der Waals surface area contributed by atoms with Crippen LogP contribution in [0.4, 0.5) is 5.82 Å². The molecule has 1 aromatic heterocycles. The number of amides is 1. The third kappa shape index (κ3) is 4.34. The van der Waals surface area contributed by atoms with Gasteiger partial charge in [0, 0.05) is 11.8 Å². The van der Waals surface area contributed by atoms with Crippen molar-refractivity contribution in [1.29, 1.82) is 0 Å². The lowest BCUT2D eigenvalue weighted by Gasteiger charge is -2.05. The van der Waals surface area contributed by atoms with Gasteiger partial charge in [0.25, 0.3) is 0 Å². The van der Waals surface area contributed by atoms with Gasteiger partial charge >= 0.3 is 0 Å². The third-order valence-electron chi connectivity index (χ3n) is 1.99. The van der Waals surface area contributed by atoms with Crippen molar-refractivity contribution in [1.82, 2.24) is 10.3 Å². The van der Waals surface area contributed by atoms with E-state index in [-0.39, 0.29) is 24.8 Å². The molecule has 0 atom stereocenters. The quantitative estimate of drug-likeness (QED) is 0.570. The third-order valence-corrected chi connectivity index (χ3v) is 1.99. The van der Waals surface area contributed by atoms with E-state index in [0.29, 0.717) is 11.4 Å². The molecule has 2 N–H and O–H groups in total. The van der Waals surface area contributed by atoms with Crippen LogP contribution in [-0.4, -0.2) is 29.8 Å². The van der Waals surface area contributed by atoms with E-state index < -0.39 is 0 Å². The molecule has 1 amide bonds. The lowest BCUT2D eigenvalue weighted by Crippen LogP contribution is -2.30. The maximum absolute atomic E-state index is 11.2. The molecule has 0 radical (unpaired) electrons. The Hall–Kier alpha value is -2.35. The summed E-state index contributed by atoms with van der Waals surface area (Å²) in [5, 5.41) is 5.33. The minimum Gasteiger partial charge on any atom is -0.361 e. The monoisotopic (exact) mass is 231 g/mol. The molecule has 0 aliphatic rings. The predicted octanol–water partition coefficient (Wildman–Crippen LogP) is 0.445. The van der Waals surface area contributed by atoms with Gasteiger partial charge in [0.15, 0.2) is 5.78 Å². The number of nitrogens with one attached hydrogen (secondary N) is 2. The first-order chi connectivity index (χ1) is 8.13. The van der Waals surface area contributed by atoms with Gasteiger partial charge in [0.1, 0.15) is 5.82 Å². The number of aromatic nitrogens is 1. The first-order valence-corrected chi connectivity index (χ1v) is 5.04. The standard InChI is InChI=1S/C12H13N3O2/c1-3-6-13-12(17)8-15-11-5-4-10(7-14-11)9(2)16/h1,4-5,7H,6,8H2,2H3,(H,13,17)(H,14,15). The van der Waals surface area contributed by atoms with E-state index in [0.717, 1.165) is 0 Å². The SMILES string of the molecule is C#CCNC(=O)CNc1ccc(C(C)=O)cn1. The number of carbonyl (C=O) groups is 2. The van der Waals surface area contributed by atoms with Crippen LogP contribution < -0.4 is 10.6 Å². The van der Waals surface area contributed by atoms with Crippen molar-refractivity contribution in [2.24, 2.45) is 0 Å². The fourth-order valence-corrected chi connectivity index (χ4v) is 1.09. The maximum atomic E-state index is 11.2. The number of rotatable bonds is 5. The van der Waals surface area contributed by atoms with Gasteiger partial charge in [-0.2, -0.15) is 0 Å². The molecule has 0 aliphatic carbocycles. The van der Waals surface area contributed by atoms with Crippen molar-refractivity contribution >= 4 is 17.5 Å². The van der Waals surface area contributed by atoms with Crippen molar-refractivity contribution in [3.8, 4) is 12.3 Å². The van der Waals surface area contributed by atoms with E-state index in [9.17, 15) is 9.59 Å². The second-order valence-electron chi connectivity index (χ2n) is 3.32. The van der Waals surface area contributed by atoms with Gasteiger partial charge in [0.2, 0.25) is 5.91 Å². The van der Waals surface area contributed by atoms with Crippen molar-refractivity contribution in [2.45, 2.75) is 6.92 Å². The Morgan fingerprint density at radius 1 is 1.47 bits per heavy atom. The van der Waals surface area contributed by atoms with Gasteiger partial charge in [-0.25, -0.2) is 4.98 Å². The summed E-state index contributed by atoms with van der Waals surface area (Å²) in [5.41, 5.74) is 0.535. The first-order valence-electron chi connectivity index (χ1n) is 5.04. The summed E-state index contributed by atoms with van der Waals surface area (Å²) < 4.78 is 0. The number of hydrogen-bond acceptors (Lipinski definition) is 4. The predicted molar refractivity (Wildman–Crippen MR) is 64.6 cm³/mol. The Balaban J connectivity index is 2.45. The molecule has 0 spiro atoms. The molecule has 0 aliphatic heterocycles. The first kappa shape index (κ1) is 12.7. The van der Waals surface area contributed by atoms with Crippen LogP contribution in [0.3, 0.4) is 0 Å². The number of nitrogens with zero attached hydrogens (tertiary/aromatic N) is 1. The second-order valence-corrected chi connectivity index (χ2v) is 3.32. The molecule has 0 saturated heterocycles. The molecule has 1 heterocycles. The topological polar surface area (TPSA) is 71.1 Å². The Labute approximate surface area is 99.6 Å². The van der Waals surface area contributed by atoms with E-state index in [4.69, 9.17) is 6.42 Å². The highest BCUT2D eigenvalue weighted by Gasteiger charge is 2.02. The normalized spacial score (nSPS) is 9.18. The van der Waals surface area contributed by atoms with Crippen LogP contribution in [0.25, 0.3) is 0 Å². The molecule has 1 rings (SSSR count). The van der Waals surface area contributed by atoms with Crippen LogP contribution in [0.1, 0.15) is 17.3 Å². The van der Waals surface area contributed by atoms with Crippen molar-refractivity contribution in [3.63, 3.8) is 0 Å². The Bertz CT molecular complexity index is 446. The highest BCUT2D eigenvalue weighted by Crippen LogP contribution is 2.04. The number of terminal acetylenes is 1. The summed E-state index contributed by atoms with van der Waals surface area (Å²) in [4.78, 5) is 26.2. The van der Waals surface area contributed by atoms with Crippen molar-refractivity contribution in [3.05, 3.63) is 23.9 Å². The van der Waals surface area contributed by atoms with Crippen LogP contribution in [0.2, 0.25) is 0 Å². The summed E-state index contributed by atoms with van der Waals surface area (Å²) in [5.74, 6) is 2.58. The molecule has 0 fully saturated rings. The fraction of sp³-hybridized carbons (Fsp3) is 0.250. The van der Waals surface area contributed by atoms with Gasteiger partial charge in [-0.1, -0.05) is 5.92 Å². The summed E-state index contributed by atoms with van der Waals surface area (Å²) in [6.45, 7) is 1.77. The molecule has 5 nitrogen and oxygen atoms in total. The van der Waals surface area contributed by atoms with E-state index in [1.165, 1.54) is 13.1 Å². The van der Waals surface area contributed by atoms with E-state index in [1.807, 2.05) is 0 Å². The number of carbonyl (C=O) groups excluding carboxylic acids is 2. The molecular formula is C12H13N3O2.